The van der Waals surface area contributed by atoms with Gasteiger partial charge >= 0.3 is 6.03 Å². The van der Waals surface area contributed by atoms with Crippen LogP contribution in [-0.4, -0.2) is 43.6 Å². The van der Waals surface area contributed by atoms with E-state index in [2.05, 4.69) is 5.32 Å². The molecule has 1 aromatic carbocycles. The topological polar surface area (TPSA) is 95.6 Å². The molecule has 2 N–H and O–H groups in total. The minimum atomic E-state index is -4.09. The average molecular weight is 396 g/mol. The van der Waals surface area contributed by atoms with Crippen molar-refractivity contribution in [1.29, 1.82) is 0 Å². The zero-order valence-corrected chi connectivity index (χ0v) is 17.4. The Balaban J connectivity index is 2.22. The van der Waals surface area contributed by atoms with Crippen molar-refractivity contribution in [3.05, 3.63) is 29.3 Å². The molecular weight excluding hydrogens is 366 g/mol. The van der Waals surface area contributed by atoms with Crippen molar-refractivity contribution < 1.29 is 18.0 Å². The lowest BCUT2D eigenvalue weighted by atomic mass is 9.93. The van der Waals surface area contributed by atoms with Gasteiger partial charge in [-0.1, -0.05) is 45.9 Å². The van der Waals surface area contributed by atoms with Crippen LogP contribution in [0, 0.1) is 0 Å². The van der Waals surface area contributed by atoms with Crippen LogP contribution in [-0.2, 0) is 14.8 Å². The van der Waals surface area contributed by atoms with Crippen LogP contribution in [0.25, 0.3) is 0 Å². The summed E-state index contributed by atoms with van der Waals surface area (Å²) < 4.78 is 27.1. The maximum Gasteiger partial charge on any atom is 0.332 e. The summed E-state index contributed by atoms with van der Waals surface area (Å²) in [5.41, 5.74) is 2.49. The number of nitrogens with one attached hydrogen (secondary N) is 2. The molecule has 1 aliphatic rings. The lowest BCUT2D eigenvalue weighted by Crippen LogP contribution is -2.44. The number of hydrogen-bond acceptors (Lipinski definition) is 4. The molecule has 0 radical (unpaired) electrons. The molecule has 0 aliphatic carbocycles. The molecule has 0 spiro atoms. The van der Waals surface area contributed by atoms with Crippen LogP contribution in [0.1, 0.15) is 64.0 Å². The van der Waals surface area contributed by atoms with E-state index in [1.807, 2.05) is 50.6 Å². The minimum absolute atomic E-state index is 0.158. The lowest BCUT2D eigenvalue weighted by Gasteiger charge is -2.21. The lowest BCUT2D eigenvalue weighted by molar-refractivity contribution is -0.127. The summed E-state index contributed by atoms with van der Waals surface area (Å²) in [7, 11) is -4.09. The Morgan fingerprint density at radius 2 is 1.74 bits per heavy atom. The fourth-order valence-electron chi connectivity index (χ4n) is 3.35. The van der Waals surface area contributed by atoms with E-state index >= 15 is 0 Å². The van der Waals surface area contributed by atoms with Gasteiger partial charge in [0.1, 0.15) is 0 Å². The first kappa shape index (κ1) is 21.2. The Kier molecular flexibility index (Phi) is 6.51. The first-order valence-corrected chi connectivity index (χ1v) is 10.9. The Morgan fingerprint density at radius 1 is 1.19 bits per heavy atom. The van der Waals surface area contributed by atoms with E-state index in [-0.39, 0.29) is 18.3 Å². The van der Waals surface area contributed by atoms with Gasteiger partial charge in [-0.2, -0.15) is 0 Å². The van der Waals surface area contributed by atoms with E-state index in [9.17, 15) is 18.0 Å². The molecule has 1 unspecified atom stereocenters. The molecule has 150 valence electrons. The Labute approximate surface area is 161 Å². The summed E-state index contributed by atoms with van der Waals surface area (Å²) in [6.07, 6.45) is 0.190. The van der Waals surface area contributed by atoms with Crippen molar-refractivity contribution in [1.82, 2.24) is 9.62 Å². The van der Waals surface area contributed by atoms with Gasteiger partial charge in [-0.15, -0.1) is 0 Å². The molecule has 1 aromatic rings. The van der Waals surface area contributed by atoms with Crippen LogP contribution in [0.3, 0.4) is 0 Å². The van der Waals surface area contributed by atoms with Crippen LogP contribution in [0.2, 0.25) is 0 Å². The largest absolute Gasteiger partial charge is 0.342 e. The molecule has 1 heterocycles. The maximum atomic E-state index is 12.5. The molecule has 0 saturated carbocycles. The molecule has 1 fully saturated rings. The van der Waals surface area contributed by atoms with Crippen LogP contribution >= 0.6 is 0 Å². The first-order chi connectivity index (χ1) is 12.6. The highest BCUT2D eigenvalue weighted by Gasteiger charge is 2.41. The number of anilines is 1. The number of likely N-dealkylation sites (tertiary alicyclic amines) is 1. The third kappa shape index (κ3) is 4.61. The predicted octanol–water partition coefficient (Wildman–Crippen LogP) is 3.01. The van der Waals surface area contributed by atoms with Crippen LogP contribution in [0.4, 0.5) is 10.5 Å². The summed E-state index contributed by atoms with van der Waals surface area (Å²) in [6, 6.07) is 4.93. The molecule has 0 bridgehead atoms. The quantitative estimate of drug-likeness (QED) is 0.774. The third-order valence-electron chi connectivity index (χ3n) is 4.85. The first-order valence-electron chi connectivity index (χ1n) is 9.32. The van der Waals surface area contributed by atoms with E-state index in [4.69, 9.17) is 0 Å². The molecule has 0 aromatic heterocycles. The number of carbonyl (C=O) groups is 2. The second-order valence-electron chi connectivity index (χ2n) is 7.42. The number of hydrogen-bond donors (Lipinski definition) is 2. The van der Waals surface area contributed by atoms with Crippen molar-refractivity contribution in [2.75, 3.05) is 18.4 Å². The summed E-state index contributed by atoms with van der Waals surface area (Å²) >= 11 is 0. The monoisotopic (exact) mass is 395 g/mol. The number of para-hydroxylation sites is 1. The highest BCUT2D eigenvalue weighted by molar-refractivity contribution is 7.91. The predicted molar refractivity (Wildman–Crippen MR) is 106 cm³/mol. The van der Waals surface area contributed by atoms with E-state index < -0.39 is 27.2 Å². The number of benzene rings is 1. The molecule has 3 amide bonds. The second-order valence-corrected chi connectivity index (χ2v) is 9.28. The van der Waals surface area contributed by atoms with Gasteiger partial charge in [0, 0.05) is 18.8 Å². The number of carbonyl (C=O) groups excluding carboxylic acids is 2. The number of nitrogens with zero attached hydrogens (tertiary/aromatic N) is 1. The number of amides is 3. The van der Waals surface area contributed by atoms with Crippen molar-refractivity contribution in [3.8, 4) is 0 Å². The molecule has 2 rings (SSSR count). The molecule has 1 aliphatic heterocycles. The minimum Gasteiger partial charge on any atom is -0.342 e. The van der Waals surface area contributed by atoms with E-state index in [1.165, 1.54) is 4.90 Å². The number of rotatable bonds is 6. The van der Waals surface area contributed by atoms with Crippen molar-refractivity contribution in [2.24, 2.45) is 0 Å². The molecule has 1 atom stereocenters. The van der Waals surface area contributed by atoms with Gasteiger partial charge < -0.3 is 10.2 Å². The van der Waals surface area contributed by atoms with Crippen molar-refractivity contribution in [3.63, 3.8) is 0 Å². The summed E-state index contributed by atoms with van der Waals surface area (Å²) in [4.78, 5) is 26.1. The van der Waals surface area contributed by atoms with Crippen LogP contribution in [0.5, 0.6) is 0 Å². The van der Waals surface area contributed by atoms with Crippen molar-refractivity contribution in [2.45, 2.75) is 58.1 Å². The zero-order chi connectivity index (χ0) is 20.4. The third-order valence-corrected chi connectivity index (χ3v) is 6.51. The molecule has 7 nitrogen and oxygen atoms in total. The van der Waals surface area contributed by atoms with E-state index in [0.29, 0.717) is 18.8 Å². The Morgan fingerprint density at radius 3 is 2.19 bits per heavy atom. The standard InChI is InChI=1S/C19H29N3O4S/c1-6-22-11-10-16(18(22)23)27(25,26)21-19(24)20-17-14(12(2)3)8-7-9-15(17)13(4)5/h7-9,12-13,16H,6,10-11H2,1-5H3,(H2,20,21,24). The SMILES string of the molecule is CCN1CCC(S(=O)(=O)NC(=O)Nc2c(C(C)C)cccc2C(C)C)C1=O. The Hall–Kier alpha value is -2.09. The van der Waals surface area contributed by atoms with Crippen molar-refractivity contribution >= 4 is 27.6 Å². The fraction of sp³-hybridized carbons (Fsp3) is 0.579. The normalized spacial score (nSPS) is 17.7. The summed E-state index contributed by atoms with van der Waals surface area (Å²) in [5.74, 6) is -0.140. The van der Waals surface area contributed by atoms with Gasteiger partial charge in [-0.05, 0) is 36.3 Å². The zero-order valence-electron chi connectivity index (χ0n) is 16.6. The summed E-state index contributed by atoms with van der Waals surface area (Å²) in [6.45, 7) is 10.7. The van der Waals surface area contributed by atoms with Gasteiger partial charge in [0.25, 0.3) is 0 Å². The van der Waals surface area contributed by atoms with E-state index in [0.717, 1.165) is 11.1 Å². The number of sulfonamides is 1. The highest BCUT2D eigenvalue weighted by atomic mass is 32.2. The average Bonchev–Trinajstić information content (AvgIpc) is 2.95. The molecular formula is C19H29N3O4S. The fourth-order valence-corrected chi connectivity index (χ4v) is 4.63. The van der Waals surface area contributed by atoms with Crippen LogP contribution in [0.15, 0.2) is 18.2 Å². The molecule has 8 heteroatoms. The van der Waals surface area contributed by atoms with Crippen LogP contribution < -0.4 is 10.0 Å². The smallest absolute Gasteiger partial charge is 0.332 e. The molecule has 27 heavy (non-hydrogen) atoms. The van der Waals surface area contributed by atoms with Gasteiger partial charge in [0.15, 0.2) is 5.25 Å². The van der Waals surface area contributed by atoms with Gasteiger partial charge in [-0.25, -0.2) is 17.9 Å². The second kappa shape index (κ2) is 8.29. The van der Waals surface area contributed by atoms with Gasteiger partial charge in [-0.3, -0.25) is 4.79 Å². The molecule has 1 saturated heterocycles. The van der Waals surface area contributed by atoms with Gasteiger partial charge in [0.2, 0.25) is 15.9 Å². The van der Waals surface area contributed by atoms with E-state index in [1.54, 1.807) is 6.92 Å². The Bertz CT molecular complexity index is 792. The van der Waals surface area contributed by atoms with Gasteiger partial charge in [0.05, 0.1) is 0 Å². The summed E-state index contributed by atoms with van der Waals surface area (Å²) in [5, 5.41) is 1.49. The maximum absolute atomic E-state index is 12.5. The highest BCUT2D eigenvalue weighted by Crippen LogP contribution is 2.32. The number of urea groups is 1.